The third-order valence-electron chi connectivity index (χ3n) is 7.68. The molecule has 5 rings (SSSR count). The fourth-order valence-electron chi connectivity index (χ4n) is 5.55. The Kier molecular flexibility index (Phi) is 6.32. The summed E-state index contributed by atoms with van der Waals surface area (Å²) >= 11 is 7.12. The molecule has 2 unspecified atom stereocenters. The minimum absolute atomic E-state index is 0.312. The maximum atomic E-state index is 7.38. The average Bonchev–Trinajstić information content (AvgIpc) is 2.85. The monoisotopic (exact) mass is 472 g/mol. The summed E-state index contributed by atoms with van der Waals surface area (Å²) in [7, 11) is 2.18. The highest BCUT2D eigenvalue weighted by molar-refractivity contribution is 6.37. The Hall–Kier alpha value is -2.53. The van der Waals surface area contributed by atoms with Crippen molar-refractivity contribution in [3.63, 3.8) is 0 Å². The first-order chi connectivity index (χ1) is 16.4. The van der Waals surface area contributed by atoms with Crippen LogP contribution in [-0.4, -0.2) is 35.0 Å². The molecule has 1 aromatic carbocycles. The van der Waals surface area contributed by atoms with Gasteiger partial charge in [-0.1, -0.05) is 48.9 Å². The molecule has 0 radical (unpaired) electrons. The maximum Gasteiger partial charge on any atom is 0.0720 e. The van der Waals surface area contributed by atoms with Gasteiger partial charge in [-0.2, -0.15) is 0 Å². The normalized spacial score (nSPS) is 21.4. The number of fused-ring (bicyclic) bond motifs is 1. The van der Waals surface area contributed by atoms with Gasteiger partial charge >= 0.3 is 0 Å². The molecule has 0 amide bonds. The van der Waals surface area contributed by atoms with Gasteiger partial charge < -0.3 is 10.6 Å². The first-order valence-electron chi connectivity index (χ1n) is 12.2. The van der Waals surface area contributed by atoms with Crippen molar-refractivity contribution in [2.45, 2.75) is 38.6 Å². The number of pyridine rings is 2. The highest BCUT2D eigenvalue weighted by atomic mass is 35.5. The fraction of sp³-hybridized carbons (Fsp3) is 0.379. The molecule has 176 valence electrons. The van der Waals surface area contributed by atoms with E-state index in [1.807, 2.05) is 19.2 Å². The van der Waals surface area contributed by atoms with Crippen LogP contribution in [0.3, 0.4) is 0 Å². The molecule has 1 saturated heterocycles. The zero-order valence-electron chi connectivity index (χ0n) is 20.3. The van der Waals surface area contributed by atoms with Crippen molar-refractivity contribution in [2.24, 2.45) is 17.6 Å². The Morgan fingerprint density at radius 1 is 1.15 bits per heavy atom. The van der Waals surface area contributed by atoms with E-state index in [-0.39, 0.29) is 0 Å². The molecular weight excluding hydrogens is 440 g/mol. The Morgan fingerprint density at radius 3 is 2.62 bits per heavy atom. The molecule has 0 saturated carbocycles. The van der Waals surface area contributed by atoms with E-state index in [4.69, 9.17) is 22.3 Å². The van der Waals surface area contributed by atoms with Gasteiger partial charge in [0.1, 0.15) is 0 Å². The van der Waals surface area contributed by atoms with Crippen molar-refractivity contribution < 1.29 is 0 Å². The van der Waals surface area contributed by atoms with Crippen LogP contribution in [0.1, 0.15) is 48.6 Å². The zero-order valence-corrected chi connectivity index (χ0v) is 21.0. The van der Waals surface area contributed by atoms with Crippen LogP contribution in [0.15, 0.2) is 61.0 Å². The molecule has 34 heavy (non-hydrogen) atoms. The molecule has 2 N–H and O–H groups in total. The first-order valence-corrected chi connectivity index (χ1v) is 12.6. The lowest BCUT2D eigenvalue weighted by atomic mass is 9.70. The summed E-state index contributed by atoms with van der Waals surface area (Å²) in [6.07, 6.45) is 13.5. The highest BCUT2D eigenvalue weighted by Gasteiger charge is 2.40. The second-order valence-electron chi connectivity index (χ2n) is 10.0. The summed E-state index contributed by atoms with van der Waals surface area (Å²) in [5, 5.41) is 1.71. The van der Waals surface area contributed by atoms with Crippen LogP contribution in [0.2, 0.25) is 5.02 Å². The van der Waals surface area contributed by atoms with Crippen molar-refractivity contribution in [2.75, 3.05) is 20.1 Å². The second-order valence-corrected chi connectivity index (χ2v) is 10.4. The number of allylic oxidation sites excluding steroid dienone is 4. The number of halogens is 1. The quantitative estimate of drug-likeness (QED) is 0.497. The summed E-state index contributed by atoms with van der Waals surface area (Å²) in [5.74, 6) is 0.863. The summed E-state index contributed by atoms with van der Waals surface area (Å²) in [6.45, 7) is 6.36. The van der Waals surface area contributed by atoms with Crippen molar-refractivity contribution in [3.05, 3.63) is 88.4 Å². The molecule has 2 atom stereocenters. The van der Waals surface area contributed by atoms with Gasteiger partial charge in [-0.25, -0.2) is 0 Å². The SMILES string of the molecule is Cc1nc2ccc(C(N)(c3cccnc3)C3CCN(C)CC3)cc2c(Cl)c1C1=CCC(C)C=C1. The van der Waals surface area contributed by atoms with Gasteiger partial charge in [-0.3, -0.25) is 9.97 Å². The van der Waals surface area contributed by atoms with Crippen LogP contribution in [0.5, 0.6) is 0 Å². The zero-order chi connectivity index (χ0) is 23.9. The number of likely N-dealkylation sites (tertiary alicyclic amines) is 1. The van der Waals surface area contributed by atoms with Crippen molar-refractivity contribution >= 4 is 28.1 Å². The largest absolute Gasteiger partial charge is 0.317 e. The molecule has 0 bridgehead atoms. The van der Waals surface area contributed by atoms with Crippen LogP contribution < -0.4 is 5.73 Å². The molecular formula is C29H33ClN4. The van der Waals surface area contributed by atoms with Crippen molar-refractivity contribution in [1.82, 2.24) is 14.9 Å². The van der Waals surface area contributed by atoms with Crippen molar-refractivity contribution in [3.8, 4) is 0 Å². The molecule has 5 heteroatoms. The number of hydrogen-bond acceptors (Lipinski definition) is 4. The van der Waals surface area contributed by atoms with Crippen molar-refractivity contribution in [1.29, 1.82) is 0 Å². The predicted molar refractivity (Wildman–Crippen MR) is 142 cm³/mol. The Bertz CT molecular complexity index is 1260. The maximum absolute atomic E-state index is 7.38. The Balaban J connectivity index is 1.66. The third-order valence-corrected chi connectivity index (χ3v) is 8.08. The van der Waals surface area contributed by atoms with Gasteiger partial charge in [0.25, 0.3) is 0 Å². The predicted octanol–water partition coefficient (Wildman–Crippen LogP) is 6.12. The third kappa shape index (κ3) is 4.08. The lowest BCUT2D eigenvalue weighted by Gasteiger charge is -2.42. The number of piperidine rings is 1. The summed E-state index contributed by atoms with van der Waals surface area (Å²) in [5.41, 5.74) is 12.9. The van der Waals surface area contributed by atoms with Crippen LogP contribution >= 0.6 is 11.6 Å². The van der Waals surface area contributed by atoms with E-state index in [1.165, 1.54) is 0 Å². The van der Waals surface area contributed by atoms with Gasteiger partial charge in [0.15, 0.2) is 0 Å². The van der Waals surface area contributed by atoms with Gasteiger partial charge in [-0.05, 0) is 93.1 Å². The summed E-state index contributed by atoms with van der Waals surface area (Å²) in [4.78, 5) is 11.7. The molecule has 2 aromatic heterocycles. The number of aromatic nitrogens is 2. The van der Waals surface area contributed by atoms with E-state index in [9.17, 15) is 0 Å². The van der Waals surface area contributed by atoms with Crippen LogP contribution in [0.4, 0.5) is 0 Å². The molecule has 1 fully saturated rings. The number of benzene rings is 1. The van der Waals surface area contributed by atoms with E-state index in [0.717, 1.165) is 76.2 Å². The van der Waals surface area contributed by atoms with Crippen LogP contribution in [0, 0.1) is 18.8 Å². The minimum Gasteiger partial charge on any atom is -0.317 e. The van der Waals surface area contributed by atoms with Gasteiger partial charge in [0, 0.05) is 29.0 Å². The molecule has 3 heterocycles. The van der Waals surface area contributed by atoms with E-state index in [1.54, 1.807) is 6.20 Å². The van der Waals surface area contributed by atoms with Gasteiger partial charge in [0.05, 0.1) is 16.1 Å². The van der Waals surface area contributed by atoms with Gasteiger partial charge in [-0.15, -0.1) is 0 Å². The molecule has 2 aliphatic rings. The Labute approximate surface area is 207 Å². The van der Waals surface area contributed by atoms with E-state index in [0.29, 0.717) is 11.8 Å². The first kappa shape index (κ1) is 23.2. The van der Waals surface area contributed by atoms with Crippen LogP contribution in [-0.2, 0) is 5.54 Å². The number of aryl methyl sites for hydroxylation is 1. The van der Waals surface area contributed by atoms with Crippen LogP contribution in [0.25, 0.3) is 16.5 Å². The fourth-order valence-corrected chi connectivity index (χ4v) is 5.95. The molecule has 0 spiro atoms. The second kappa shape index (κ2) is 9.26. The lowest BCUT2D eigenvalue weighted by molar-refractivity contribution is 0.167. The van der Waals surface area contributed by atoms with E-state index < -0.39 is 5.54 Å². The molecule has 4 nitrogen and oxygen atoms in total. The van der Waals surface area contributed by atoms with E-state index >= 15 is 0 Å². The smallest absolute Gasteiger partial charge is 0.0720 e. The number of rotatable bonds is 4. The van der Waals surface area contributed by atoms with E-state index in [2.05, 4.69) is 66.3 Å². The minimum atomic E-state index is -0.641. The average molecular weight is 473 g/mol. The number of hydrogen-bond donors (Lipinski definition) is 1. The van der Waals surface area contributed by atoms with Gasteiger partial charge in [0.2, 0.25) is 0 Å². The molecule has 3 aromatic rings. The number of nitrogens with two attached hydrogens (primary N) is 1. The summed E-state index contributed by atoms with van der Waals surface area (Å²) in [6, 6.07) is 10.5. The topological polar surface area (TPSA) is 55.0 Å². The standard InChI is InChI=1S/C29H33ClN4/c1-19-6-8-21(9-7-19)27-20(2)33-26-11-10-23(17-25(26)28(27)30)29(31,24-5-4-14-32-18-24)22-12-15-34(3)16-13-22/h4-6,8-11,14,17-19,22H,7,12-13,15-16,31H2,1-3H3. The highest BCUT2D eigenvalue weighted by Crippen LogP contribution is 2.42. The Morgan fingerprint density at radius 2 is 1.94 bits per heavy atom. The molecule has 1 aliphatic carbocycles. The number of nitrogens with zero attached hydrogens (tertiary/aromatic N) is 3. The summed E-state index contributed by atoms with van der Waals surface area (Å²) < 4.78 is 0. The molecule has 1 aliphatic heterocycles. The lowest BCUT2D eigenvalue weighted by Crippen LogP contribution is -2.49.